The molecule has 6 N–H and O–H groups in total. The Morgan fingerprint density at radius 2 is 0.656 bits per heavy atom. The van der Waals surface area contributed by atoms with E-state index in [-0.39, 0.29) is 96.7 Å². The fourth-order valence-electron chi connectivity index (χ4n) is 16.9. The fraction of sp³-hybridized carbons (Fsp3) is 0.354. The summed E-state index contributed by atoms with van der Waals surface area (Å²) >= 11 is 0. The van der Waals surface area contributed by atoms with Crippen molar-refractivity contribution in [1.29, 1.82) is 0 Å². The molecule has 11 aromatic rings. The van der Waals surface area contributed by atoms with Gasteiger partial charge in [-0.1, -0.05) is 159 Å². The number of rotatable bonds is 26. The van der Waals surface area contributed by atoms with Crippen LogP contribution in [0.3, 0.4) is 0 Å². The number of carbonyl (C=O) groups excluding carboxylic acids is 5. The average Bonchev–Trinajstić information content (AvgIpc) is 1.60. The van der Waals surface area contributed by atoms with Crippen LogP contribution in [0.25, 0.3) is 50.8 Å². The third-order valence-corrected chi connectivity index (χ3v) is 24.8. The molecular weight excluding hydrogens is 1650 g/mol. The quantitative estimate of drug-likeness (QED) is 0.0314. The Kier molecular flexibility index (Phi) is 30.3. The SMILES string of the molecule is CC(C)CC(=O)NCCn1c(C(=O)N2CCNCC2)c(-c2ccccc2)n(-c2cccc(N3CCOCC3)c2)c1=O.O=C(NCCn1c(C(=O)N2CCNCC2)c(-c2ccccc2)n(-c2cccc(N3CCOCC3)c2)c1=O)c1ccccc1.O=C(c1c(-c2ccccc2)n(-c2cccc(N3CCOCC3)c2)c(=O)n1CCNS(=O)(=O)c1ccccc1)N1CCNCC1. The molecule has 0 aliphatic carbocycles. The number of anilines is 3. The van der Waals surface area contributed by atoms with E-state index in [1.54, 1.807) is 75.4 Å². The molecule has 128 heavy (non-hydrogen) atoms. The molecule has 0 atom stereocenters. The molecule has 9 heterocycles. The molecule has 8 aromatic carbocycles. The van der Waals surface area contributed by atoms with Gasteiger partial charge in [0.1, 0.15) is 17.1 Å². The molecule has 6 fully saturated rings. The summed E-state index contributed by atoms with van der Waals surface area (Å²) in [5.41, 5.74) is 9.16. The van der Waals surface area contributed by atoms with Crippen LogP contribution >= 0.6 is 0 Å². The van der Waals surface area contributed by atoms with E-state index in [2.05, 4.69) is 46.0 Å². The molecule has 6 aliphatic heterocycles. The highest BCUT2D eigenvalue weighted by Crippen LogP contribution is 2.34. The van der Waals surface area contributed by atoms with E-state index in [1.807, 2.05) is 184 Å². The third-order valence-electron chi connectivity index (χ3n) is 23.4. The maximum atomic E-state index is 14.4. The predicted octanol–water partition coefficient (Wildman–Crippen LogP) is 7.13. The van der Waals surface area contributed by atoms with Gasteiger partial charge in [0, 0.05) is 203 Å². The van der Waals surface area contributed by atoms with Crippen LogP contribution in [0, 0.1) is 5.92 Å². The van der Waals surface area contributed by atoms with Crippen molar-refractivity contribution in [2.75, 3.05) is 192 Å². The highest BCUT2D eigenvalue weighted by Gasteiger charge is 2.36. The molecule has 0 radical (unpaired) electrons. The van der Waals surface area contributed by atoms with Gasteiger partial charge in [-0.2, -0.15) is 0 Å². The molecule has 6 saturated heterocycles. The molecule has 0 spiro atoms. The Morgan fingerprint density at radius 3 is 0.984 bits per heavy atom. The van der Waals surface area contributed by atoms with Gasteiger partial charge in [-0.05, 0) is 84.8 Å². The highest BCUT2D eigenvalue weighted by molar-refractivity contribution is 7.89. The van der Waals surface area contributed by atoms with Crippen molar-refractivity contribution in [2.24, 2.45) is 5.92 Å². The Hall–Kier alpha value is -12.8. The minimum Gasteiger partial charge on any atom is -0.378 e. The molecule has 3 aromatic heterocycles. The molecular formula is C96H112N18O13S. The van der Waals surface area contributed by atoms with Gasteiger partial charge in [0.2, 0.25) is 15.9 Å². The summed E-state index contributed by atoms with van der Waals surface area (Å²) < 4.78 is 54.5. The van der Waals surface area contributed by atoms with Gasteiger partial charge in [-0.3, -0.25) is 51.4 Å². The van der Waals surface area contributed by atoms with Crippen molar-refractivity contribution in [2.45, 2.75) is 44.8 Å². The Morgan fingerprint density at radius 1 is 0.359 bits per heavy atom. The van der Waals surface area contributed by atoms with E-state index in [0.29, 0.717) is 181 Å². The van der Waals surface area contributed by atoms with Crippen LogP contribution in [0.5, 0.6) is 0 Å². The number of carbonyl (C=O) groups is 5. The number of imidazole rings is 3. The van der Waals surface area contributed by atoms with Crippen molar-refractivity contribution >= 4 is 56.6 Å². The first kappa shape index (κ1) is 90.0. The van der Waals surface area contributed by atoms with Crippen LogP contribution in [-0.2, 0) is 48.7 Å². The highest BCUT2D eigenvalue weighted by atomic mass is 32.2. The molecule has 0 saturated carbocycles. The summed E-state index contributed by atoms with van der Waals surface area (Å²) in [6, 6.07) is 69.1. The lowest BCUT2D eigenvalue weighted by Gasteiger charge is -2.29. The van der Waals surface area contributed by atoms with Gasteiger partial charge >= 0.3 is 17.1 Å². The minimum atomic E-state index is -3.81. The lowest BCUT2D eigenvalue weighted by molar-refractivity contribution is -0.121. The number of hydrogen-bond donors (Lipinski definition) is 6. The lowest BCUT2D eigenvalue weighted by atomic mass is 10.1. The first-order valence-electron chi connectivity index (χ1n) is 44.2. The molecule has 670 valence electrons. The van der Waals surface area contributed by atoms with E-state index in [4.69, 9.17) is 14.2 Å². The summed E-state index contributed by atoms with van der Waals surface area (Å²) in [5.74, 6) is -0.717. The molecule has 17 rings (SSSR count). The summed E-state index contributed by atoms with van der Waals surface area (Å²) in [7, 11) is -3.81. The normalized spacial score (nSPS) is 15.6. The van der Waals surface area contributed by atoms with Crippen molar-refractivity contribution in [3.63, 3.8) is 0 Å². The second-order valence-electron chi connectivity index (χ2n) is 32.3. The average molecular weight is 1760 g/mol. The van der Waals surface area contributed by atoms with Gasteiger partial charge < -0.3 is 70.2 Å². The number of ether oxygens (including phenoxy) is 3. The lowest BCUT2D eigenvalue weighted by Crippen LogP contribution is -2.47. The fourth-order valence-corrected chi connectivity index (χ4v) is 18.0. The number of hydrogen-bond acceptors (Lipinski definition) is 19. The number of sulfonamides is 1. The van der Waals surface area contributed by atoms with Gasteiger partial charge in [-0.15, -0.1) is 0 Å². The van der Waals surface area contributed by atoms with Crippen LogP contribution in [0.1, 0.15) is 62.1 Å². The molecule has 0 unspecified atom stereocenters. The number of nitrogens with one attached hydrogen (secondary N) is 6. The van der Waals surface area contributed by atoms with E-state index in [0.717, 1.165) is 67.5 Å². The monoisotopic (exact) mass is 1760 g/mol. The standard InChI is InChI=1S/C33H36N6O4.C32H36N6O5S.C31H40N6O4/c40-31(26-10-5-2-6-11-26)35-16-19-38-30(32(41)37-17-14-34-15-18-37)29(25-8-3-1-4-9-25)39(33(38)42)28-13-7-12-27(24-28)36-20-22-43-23-21-36;39-31(36-17-14-33-15-18-36)30-29(25-8-3-1-4-9-25)38(27-11-7-10-26(24-27)35-20-22-43-23-21-35)32(40)37(30)19-16-34-44(41,42)28-12-5-2-6-13-28;1-23(2)21-27(38)33-13-16-36-29(30(39)35-14-11-32-12-15-35)28(24-7-4-3-5-8-24)37(31(36)40)26-10-6-9-25(22-26)34-17-19-41-20-18-34/h1-13,24,34H,14-23H2,(H,35,40);1-13,24,33-34H,14-23H2;3-10,22-23,32H,11-21H2,1-2H3,(H,33,38). The second kappa shape index (κ2) is 43.1. The van der Waals surface area contributed by atoms with Crippen molar-refractivity contribution < 1.29 is 46.6 Å². The number of piperazine rings is 3. The summed E-state index contributed by atoms with van der Waals surface area (Å²) in [6.45, 7) is 20.3. The summed E-state index contributed by atoms with van der Waals surface area (Å²) in [4.78, 5) is 123. The largest absolute Gasteiger partial charge is 0.378 e. The topological polar surface area (TPSA) is 320 Å². The smallest absolute Gasteiger partial charge is 0.333 e. The van der Waals surface area contributed by atoms with E-state index < -0.39 is 15.7 Å². The van der Waals surface area contributed by atoms with Crippen LogP contribution in [0.4, 0.5) is 17.1 Å². The maximum Gasteiger partial charge on any atom is 0.333 e. The molecule has 0 bridgehead atoms. The van der Waals surface area contributed by atoms with Crippen molar-refractivity contribution in [1.82, 2.24) is 73.4 Å². The Labute approximate surface area is 744 Å². The summed E-state index contributed by atoms with van der Waals surface area (Å²) in [5, 5.41) is 15.7. The molecule has 31 nitrogen and oxygen atoms in total. The van der Waals surface area contributed by atoms with E-state index in [9.17, 15) is 46.8 Å². The first-order chi connectivity index (χ1) is 62.5. The number of amides is 5. The number of nitrogens with zero attached hydrogens (tertiary/aromatic N) is 12. The van der Waals surface area contributed by atoms with Crippen molar-refractivity contribution in [3.05, 3.63) is 279 Å². The Bertz CT molecular complexity index is 5930. The van der Waals surface area contributed by atoms with E-state index in [1.165, 1.54) is 21.3 Å². The van der Waals surface area contributed by atoms with E-state index >= 15 is 0 Å². The zero-order valence-corrected chi connectivity index (χ0v) is 73.3. The second-order valence-corrected chi connectivity index (χ2v) is 34.0. The first-order valence-corrected chi connectivity index (χ1v) is 45.6. The minimum absolute atomic E-state index is 0.0337. The maximum absolute atomic E-state index is 14.4. The predicted molar refractivity (Wildman–Crippen MR) is 495 cm³/mol. The molecule has 6 aliphatic rings. The zero-order valence-electron chi connectivity index (χ0n) is 72.4. The van der Waals surface area contributed by atoms with Crippen LogP contribution in [-0.4, -0.2) is 257 Å². The molecule has 32 heteroatoms. The summed E-state index contributed by atoms with van der Waals surface area (Å²) in [6.07, 6.45) is 0.409. The van der Waals surface area contributed by atoms with Crippen LogP contribution < -0.4 is 63.1 Å². The van der Waals surface area contributed by atoms with Gasteiger partial charge in [0.25, 0.3) is 23.6 Å². The van der Waals surface area contributed by atoms with Crippen LogP contribution in [0.15, 0.2) is 244 Å². The van der Waals surface area contributed by atoms with Gasteiger partial charge in [-0.25, -0.2) is 27.5 Å². The molecule has 5 amide bonds. The zero-order chi connectivity index (χ0) is 88.9. The Balaban J connectivity index is 0.000000148. The van der Waals surface area contributed by atoms with Crippen LogP contribution in [0.2, 0.25) is 0 Å². The van der Waals surface area contributed by atoms with Crippen molar-refractivity contribution in [3.8, 4) is 50.8 Å². The number of aromatic nitrogens is 6. The van der Waals surface area contributed by atoms with Gasteiger partial charge in [0.15, 0.2) is 0 Å². The third kappa shape index (κ3) is 21.4. The van der Waals surface area contributed by atoms with Gasteiger partial charge in [0.05, 0.1) is 78.7 Å². The number of morpholine rings is 3. The number of benzene rings is 8.